The van der Waals surface area contributed by atoms with Crippen molar-refractivity contribution in [2.75, 3.05) is 23.9 Å². The van der Waals surface area contributed by atoms with Gasteiger partial charge in [-0.25, -0.2) is 4.98 Å². The molecule has 1 fully saturated rings. The third kappa shape index (κ3) is 3.96. The zero-order valence-electron chi connectivity index (χ0n) is 12.8. The van der Waals surface area contributed by atoms with Crippen LogP contribution in [-0.4, -0.2) is 35.6 Å². The molecule has 2 heterocycles. The smallest absolute Gasteiger partial charge is 0.261 e. The molecule has 1 atom stereocenters. The average molecular weight is 330 g/mol. The van der Waals surface area contributed by atoms with Crippen molar-refractivity contribution in [3.63, 3.8) is 0 Å². The zero-order valence-corrected chi connectivity index (χ0v) is 13.6. The van der Waals surface area contributed by atoms with Crippen LogP contribution in [0.5, 0.6) is 11.6 Å². The summed E-state index contributed by atoms with van der Waals surface area (Å²) in [6.45, 7) is 0. The van der Waals surface area contributed by atoms with Crippen molar-refractivity contribution < 1.29 is 14.3 Å². The molecule has 1 amide bonds. The number of aromatic nitrogens is 1. The van der Waals surface area contributed by atoms with E-state index < -0.39 is 0 Å². The lowest BCUT2D eigenvalue weighted by Crippen LogP contribution is -2.20. The number of carbonyl (C=O) groups excluding carboxylic acids is 1. The number of benzene rings is 1. The predicted molar refractivity (Wildman–Crippen MR) is 91.5 cm³/mol. The summed E-state index contributed by atoms with van der Waals surface area (Å²) in [5, 5.41) is 2.85. The number of nitrogens with one attached hydrogen (secondary N) is 1. The van der Waals surface area contributed by atoms with Crippen molar-refractivity contribution in [3.8, 4) is 11.6 Å². The van der Waals surface area contributed by atoms with Crippen molar-refractivity contribution >= 4 is 23.4 Å². The SMILES string of the molecule is COc1cccc(NC(=O)c2cccnc2OC2CCSC2)c1. The molecule has 0 radical (unpaired) electrons. The maximum absolute atomic E-state index is 12.5. The van der Waals surface area contributed by atoms with Gasteiger partial charge in [-0.1, -0.05) is 6.07 Å². The van der Waals surface area contributed by atoms with Gasteiger partial charge in [0.2, 0.25) is 5.88 Å². The average Bonchev–Trinajstić information content (AvgIpc) is 3.08. The molecule has 1 N–H and O–H groups in total. The fourth-order valence-corrected chi connectivity index (χ4v) is 3.41. The Kier molecular flexibility index (Phi) is 5.02. The number of carbonyl (C=O) groups is 1. The van der Waals surface area contributed by atoms with Crippen molar-refractivity contribution in [2.45, 2.75) is 12.5 Å². The van der Waals surface area contributed by atoms with Gasteiger partial charge in [0.1, 0.15) is 17.4 Å². The minimum atomic E-state index is -0.244. The lowest BCUT2D eigenvalue weighted by Gasteiger charge is -2.14. The highest BCUT2D eigenvalue weighted by molar-refractivity contribution is 7.99. The van der Waals surface area contributed by atoms with Crippen molar-refractivity contribution in [1.82, 2.24) is 4.98 Å². The molecule has 1 aromatic heterocycles. The molecular formula is C17H18N2O3S. The number of nitrogens with zero attached hydrogens (tertiary/aromatic N) is 1. The highest BCUT2D eigenvalue weighted by atomic mass is 32.2. The first-order valence-corrected chi connectivity index (χ1v) is 8.56. The maximum atomic E-state index is 12.5. The Morgan fingerprint density at radius 1 is 1.35 bits per heavy atom. The third-order valence-corrected chi connectivity index (χ3v) is 4.64. The number of hydrogen-bond donors (Lipinski definition) is 1. The quantitative estimate of drug-likeness (QED) is 0.912. The van der Waals surface area contributed by atoms with Crippen LogP contribution >= 0.6 is 11.8 Å². The molecule has 0 bridgehead atoms. The molecular weight excluding hydrogens is 312 g/mol. The van der Waals surface area contributed by atoms with Crippen LogP contribution < -0.4 is 14.8 Å². The molecule has 0 saturated carbocycles. The van der Waals surface area contributed by atoms with Crippen LogP contribution in [0.15, 0.2) is 42.6 Å². The number of rotatable bonds is 5. The molecule has 1 aromatic carbocycles. The molecule has 23 heavy (non-hydrogen) atoms. The molecule has 1 unspecified atom stereocenters. The number of pyridine rings is 1. The Morgan fingerprint density at radius 3 is 3.04 bits per heavy atom. The van der Waals surface area contributed by atoms with Crippen molar-refractivity contribution in [3.05, 3.63) is 48.2 Å². The van der Waals surface area contributed by atoms with Gasteiger partial charge >= 0.3 is 0 Å². The Labute approximate surface area is 139 Å². The van der Waals surface area contributed by atoms with Gasteiger partial charge in [-0.15, -0.1) is 0 Å². The fraction of sp³-hybridized carbons (Fsp3) is 0.294. The molecule has 2 aromatic rings. The first-order chi connectivity index (χ1) is 11.3. The Balaban J connectivity index is 1.76. The van der Waals surface area contributed by atoms with Gasteiger partial charge in [0.25, 0.3) is 5.91 Å². The van der Waals surface area contributed by atoms with E-state index in [1.807, 2.05) is 30.0 Å². The fourth-order valence-electron chi connectivity index (χ4n) is 2.32. The number of ether oxygens (including phenoxy) is 2. The van der Waals surface area contributed by atoms with E-state index in [4.69, 9.17) is 9.47 Å². The van der Waals surface area contributed by atoms with Crippen LogP contribution in [0.4, 0.5) is 5.69 Å². The summed E-state index contributed by atoms with van der Waals surface area (Å²) in [5.41, 5.74) is 1.10. The summed E-state index contributed by atoms with van der Waals surface area (Å²) in [7, 11) is 1.59. The van der Waals surface area contributed by atoms with E-state index in [2.05, 4.69) is 10.3 Å². The molecule has 1 saturated heterocycles. The zero-order chi connectivity index (χ0) is 16.1. The minimum Gasteiger partial charge on any atom is -0.497 e. The predicted octanol–water partition coefficient (Wildman–Crippen LogP) is 3.23. The van der Waals surface area contributed by atoms with E-state index in [-0.39, 0.29) is 12.0 Å². The highest BCUT2D eigenvalue weighted by Crippen LogP contribution is 2.25. The monoisotopic (exact) mass is 330 g/mol. The largest absolute Gasteiger partial charge is 0.497 e. The topological polar surface area (TPSA) is 60.5 Å². The molecule has 1 aliphatic heterocycles. The van der Waals surface area contributed by atoms with E-state index in [0.29, 0.717) is 22.9 Å². The number of thioether (sulfide) groups is 1. The number of methoxy groups -OCH3 is 1. The van der Waals surface area contributed by atoms with Crippen LogP contribution in [-0.2, 0) is 0 Å². The van der Waals surface area contributed by atoms with Gasteiger partial charge in [-0.05, 0) is 36.4 Å². The Hall–Kier alpha value is -2.21. The van der Waals surface area contributed by atoms with E-state index in [1.54, 1.807) is 31.5 Å². The van der Waals surface area contributed by atoms with Crippen LogP contribution in [0.25, 0.3) is 0 Å². The molecule has 0 spiro atoms. The second kappa shape index (κ2) is 7.37. The van der Waals surface area contributed by atoms with Crippen LogP contribution in [0.1, 0.15) is 16.8 Å². The van der Waals surface area contributed by atoms with Crippen LogP contribution in [0.3, 0.4) is 0 Å². The summed E-state index contributed by atoms with van der Waals surface area (Å²) in [6.07, 6.45) is 2.75. The first kappa shape index (κ1) is 15.7. The van der Waals surface area contributed by atoms with Crippen LogP contribution in [0.2, 0.25) is 0 Å². The maximum Gasteiger partial charge on any atom is 0.261 e. The second-order valence-corrected chi connectivity index (χ2v) is 6.30. The Bertz CT molecular complexity index is 687. The molecule has 3 rings (SSSR count). The number of anilines is 1. The minimum absolute atomic E-state index is 0.123. The summed E-state index contributed by atoms with van der Waals surface area (Å²) < 4.78 is 11.1. The lowest BCUT2D eigenvalue weighted by atomic mass is 10.2. The molecule has 1 aliphatic rings. The second-order valence-electron chi connectivity index (χ2n) is 5.15. The number of amides is 1. The van der Waals surface area contributed by atoms with E-state index in [9.17, 15) is 4.79 Å². The summed E-state index contributed by atoms with van der Waals surface area (Å²) >= 11 is 1.86. The molecule has 120 valence electrons. The van der Waals surface area contributed by atoms with Crippen molar-refractivity contribution in [2.24, 2.45) is 0 Å². The van der Waals surface area contributed by atoms with E-state index >= 15 is 0 Å². The summed E-state index contributed by atoms with van der Waals surface area (Å²) in [6, 6.07) is 10.7. The lowest BCUT2D eigenvalue weighted by molar-refractivity contribution is 0.101. The summed E-state index contributed by atoms with van der Waals surface area (Å²) in [5.74, 6) is 2.86. The first-order valence-electron chi connectivity index (χ1n) is 7.41. The normalized spacial score (nSPS) is 16.8. The molecule has 6 heteroatoms. The van der Waals surface area contributed by atoms with Crippen LogP contribution in [0, 0.1) is 0 Å². The van der Waals surface area contributed by atoms with Gasteiger partial charge < -0.3 is 14.8 Å². The summed E-state index contributed by atoms with van der Waals surface area (Å²) in [4.78, 5) is 16.8. The third-order valence-electron chi connectivity index (χ3n) is 3.51. The Morgan fingerprint density at radius 2 is 2.26 bits per heavy atom. The van der Waals surface area contributed by atoms with Gasteiger partial charge in [0.05, 0.1) is 7.11 Å². The van der Waals surface area contributed by atoms with E-state index in [0.717, 1.165) is 17.9 Å². The van der Waals surface area contributed by atoms with E-state index in [1.165, 1.54) is 0 Å². The molecule has 5 nitrogen and oxygen atoms in total. The van der Waals surface area contributed by atoms with Gasteiger partial charge in [0.15, 0.2) is 0 Å². The van der Waals surface area contributed by atoms with Gasteiger partial charge in [0, 0.05) is 23.7 Å². The number of hydrogen-bond acceptors (Lipinski definition) is 5. The van der Waals surface area contributed by atoms with Gasteiger partial charge in [-0.2, -0.15) is 11.8 Å². The van der Waals surface area contributed by atoms with Gasteiger partial charge in [-0.3, -0.25) is 4.79 Å². The molecule has 0 aliphatic carbocycles. The van der Waals surface area contributed by atoms with Crippen molar-refractivity contribution in [1.29, 1.82) is 0 Å². The highest BCUT2D eigenvalue weighted by Gasteiger charge is 2.21. The standard InChI is InChI=1S/C17H18N2O3S/c1-21-13-5-2-4-12(10-13)19-16(20)15-6-3-8-18-17(15)22-14-7-9-23-11-14/h2-6,8,10,14H,7,9,11H2,1H3,(H,19,20).